The summed E-state index contributed by atoms with van der Waals surface area (Å²) < 4.78 is 74.7. The van der Waals surface area contributed by atoms with Crippen molar-refractivity contribution in [3.63, 3.8) is 0 Å². The van der Waals surface area contributed by atoms with Gasteiger partial charge in [-0.25, -0.2) is 0 Å². The quantitative estimate of drug-likeness (QED) is 0.103. The number of hydrogen-bond donors (Lipinski definition) is 1. The summed E-state index contributed by atoms with van der Waals surface area (Å²) in [5.74, 6) is -2.61. The maximum Gasteiger partial charge on any atom is 0.453 e. The van der Waals surface area contributed by atoms with Crippen LogP contribution in [-0.4, -0.2) is 43.0 Å². The van der Waals surface area contributed by atoms with Gasteiger partial charge in [-0.05, 0) is 117 Å². The van der Waals surface area contributed by atoms with Crippen LogP contribution in [0.5, 0.6) is 5.75 Å². The van der Waals surface area contributed by atoms with Crippen LogP contribution < -0.4 is 4.74 Å². The van der Waals surface area contributed by atoms with Crippen molar-refractivity contribution in [3.8, 4) is 5.75 Å². The molecule has 0 amide bonds. The smallest absolute Gasteiger partial charge is 0.453 e. The fourth-order valence-electron chi connectivity index (χ4n) is 9.18. The first-order valence-corrected chi connectivity index (χ1v) is 17.8. The summed E-state index contributed by atoms with van der Waals surface area (Å²) in [6.07, 6.45) is 6.65. The van der Waals surface area contributed by atoms with Crippen molar-refractivity contribution in [3.05, 3.63) is 29.3 Å². The molecule has 0 aliphatic heterocycles. The second-order valence-corrected chi connectivity index (χ2v) is 14.6. The average molecular weight is 659 g/mol. The first kappa shape index (κ1) is 36.9. The molecule has 3 aliphatic carbocycles. The predicted molar refractivity (Wildman–Crippen MR) is 169 cm³/mol. The zero-order valence-corrected chi connectivity index (χ0v) is 28.0. The van der Waals surface area contributed by atoms with Gasteiger partial charge < -0.3 is 14.6 Å². The highest BCUT2D eigenvalue weighted by Gasteiger charge is 2.57. The number of ether oxygens (including phenoxy) is 2. The number of alkyl halides is 5. The first-order valence-electron chi connectivity index (χ1n) is 17.8. The molecule has 2 saturated carbocycles. The van der Waals surface area contributed by atoms with Gasteiger partial charge in [0, 0.05) is 6.42 Å². The zero-order valence-electron chi connectivity index (χ0n) is 28.0. The molecule has 0 saturated heterocycles. The zero-order chi connectivity index (χ0) is 33.5. The molecule has 3 aliphatic rings. The van der Waals surface area contributed by atoms with Crippen LogP contribution in [0.15, 0.2) is 18.2 Å². The standard InChI is InChI=1S/C37H55F5O4/c1-4-46-34(44)25(15-12-21-36(38,39)37(40,41)42)13-10-8-6-5-7-9-11-14-26-23-27-24-28(45-3)16-17-29(27)30-20-22-35(2)31(33(26)30)18-19-32(35)43/h16-17,24-26,30-33,43H,4-15,18-23H2,1-3H3/t25?,26?,30?,31?,32-,33?,35-/m0/s1. The van der Waals surface area contributed by atoms with E-state index in [0.717, 1.165) is 76.4 Å². The summed E-state index contributed by atoms with van der Waals surface area (Å²) in [5.41, 5.74) is 2.96. The molecule has 0 radical (unpaired) electrons. The minimum atomic E-state index is -5.57. The van der Waals surface area contributed by atoms with Crippen LogP contribution in [-0.2, 0) is 16.0 Å². The van der Waals surface area contributed by atoms with Crippen molar-refractivity contribution in [2.45, 2.75) is 147 Å². The molecular weight excluding hydrogens is 603 g/mol. The maximum atomic E-state index is 13.3. The third kappa shape index (κ3) is 8.57. The lowest BCUT2D eigenvalue weighted by molar-refractivity contribution is -0.284. The Morgan fingerprint density at radius 2 is 1.65 bits per heavy atom. The summed E-state index contributed by atoms with van der Waals surface area (Å²) in [7, 11) is 1.72. The normalized spacial score (nSPS) is 28.2. The number of fused-ring (bicyclic) bond motifs is 5. The van der Waals surface area contributed by atoms with Crippen molar-refractivity contribution >= 4 is 5.97 Å². The first-order chi connectivity index (χ1) is 21.8. The minimum absolute atomic E-state index is 0.0241. The fourth-order valence-corrected chi connectivity index (χ4v) is 9.18. The van der Waals surface area contributed by atoms with Gasteiger partial charge in [0.05, 0.1) is 25.7 Å². The second kappa shape index (κ2) is 16.0. The summed E-state index contributed by atoms with van der Waals surface area (Å²) in [6, 6.07) is 6.63. The van der Waals surface area contributed by atoms with Gasteiger partial charge in [-0.2, -0.15) is 22.0 Å². The Balaban J connectivity index is 1.20. The number of aliphatic hydroxyl groups is 1. The molecule has 1 N–H and O–H groups in total. The van der Waals surface area contributed by atoms with E-state index in [1.807, 2.05) is 0 Å². The summed E-state index contributed by atoms with van der Waals surface area (Å²) >= 11 is 0. The number of carbonyl (C=O) groups excluding carboxylic acids is 1. The Hall–Kier alpha value is -1.90. The fraction of sp³-hybridized carbons (Fsp3) is 0.811. The number of aliphatic hydroxyl groups excluding tert-OH is 1. The highest BCUT2D eigenvalue weighted by atomic mass is 19.4. The van der Waals surface area contributed by atoms with E-state index in [1.54, 1.807) is 14.0 Å². The summed E-state index contributed by atoms with van der Waals surface area (Å²) in [6.45, 7) is 4.13. The molecule has 46 heavy (non-hydrogen) atoms. The van der Waals surface area contributed by atoms with Crippen LogP contribution in [0.4, 0.5) is 22.0 Å². The van der Waals surface area contributed by atoms with E-state index < -0.39 is 30.4 Å². The Morgan fingerprint density at radius 1 is 0.978 bits per heavy atom. The molecule has 4 nitrogen and oxygen atoms in total. The molecule has 1 aromatic rings. The molecule has 4 rings (SSSR count). The van der Waals surface area contributed by atoms with Gasteiger partial charge in [0.25, 0.3) is 0 Å². The molecule has 262 valence electrons. The van der Waals surface area contributed by atoms with Crippen LogP contribution in [0, 0.1) is 29.1 Å². The number of unbranched alkanes of at least 4 members (excludes halogenated alkanes) is 6. The van der Waals surface area contributed by atoms with E-state index >= 15 is 0 Å². The highest BCUT2D eigenvalue weighted by Crippen LogP contribution is 2.62. The highest BCUT2D eigenvalue weighted by molar-refractivity contribution is 5.72. The largest absolute Gasteiger partial charge is 0.497 e. The van der Waals surface area contributed by atoms with Crippen molar-refractivity contribution in [2.24, 2.45) is 29.1 Å². The van der Waals surface area contributed by atoms with Crippen LogP contribution in [0.3, 0.4) is 0 Å². The maximum absolute atomic E-state index is 13.3. The number of methoxy groups -OCH3 is 1. The molecule has 0 bridgehead atoms. The van der Waals surface area contributed by atoms with Crippen LogP contribution in [0.2, 0.25) is 0 Å². The van der Waals surface area contributed by atoms with Crippen LogP contribution >= 0.6 is 0 Å². The van der Waals surface area contributed by atoms with Gasteiger partial charge in [0.2, 0.25) is 0 Å². The van der Waals surface area contributed by atoms with E-state index in [-0.39, 0.29) is 31.0 Å². The average Bonchev–Trinajstić information content (AvgIpc) is 3.31. The lowest BCUT2D eigenvalue weighted by Gasteiger charge is -2.53. The lowest BCUT2D eigenvalue weighted by atomic mass is 9.52. The van der Waals surface area contributed by atoms with E-state index in [4.69, 9.17) is 9.47 Å². The Morgan fingerprint density at radius 3 is 2.33 bits per heavy atom. The molecule has 9 heteroatoms. The third-order valence-electron chi connectivity index (χ3n) is 11.8. The van der Waals surface area contributed by atoms with E-state index in [1.165, 1.54) is 24.0 Å². The van der Waals surface area contributed by atoms with E-state index in [2.05, 4.69) is 25.1 Å². The van der Waals surface area contributed by atoms with Gasteiger partial charge in [0.15, 0.2) is 0 Å². The number of halogens is 5. The lowest BCUT2D eigenvalue weighted by Crippen LogP contribution is -2.47. The Labute approximate surface area is 272 Å². The van der Waals surface area contributed by atoms with E-state index in [9.17, 15) is 31.9 Å². The molecule has 0 heterocycles. The number of esters is 1. The SMILES string of the molecule is CCOC(=O)C(CCCCCCCCCC1Cc2cc(OC)ccc2C2CC[C@@]3(C)C(CC[C@@H]3O)C12)CCCC(F)(F)C(F)(F)F. The second-order valence-electron chi connectivity index (χ2n) is 14.6. The predicted octanol–water partition coefficient (Wildman–Crippen LogP) is 10.2. The van der Waals surface area contributed by atoms with Gasteiger partial charge >= 0.3 is 18.1 Å². The van der Waals surface area contributed by atoms with Crippen molar-refractivity contribution in [1.29, 1.82) is 0 Å². The van der Waals surface area contributed by atoms with Gasteiger partial charge in [-0.15, -0.1) is 0 Å². The monoisotopic (exact) mass is 658 g/mol. The molecule has 0 aromatic heterocycles. The van der Waals surface area contributed by atoms with Crippen molar-refractivity contribution < 1.29 is 41.3 Å². The molecule has 5 unspecified atom stereocenters. The number of rotatable bonds is 17. The van der Waals surface area contributed by atoms with Gasteiger partial charge in [-0.1, -0.05) is 57.9 Å². The van der Waals surface area contributed by atoms with Crippen molar-refractivity contribution in [2.75, 3.05) is 13.7 Å². The van der Waals surface area contributed by atoms with Crippen molar-refractivity contribution in [1.82, 2.24) is 0 Å². The topological polar surface area (TPSA) is 55.8 Å². The van der Waals surface area contributed by atoms with Crippen LogP contribution in [0.1, 0.15) is 134 Å². The molecule has 1 aromatic carbocycles. The third-order valence-corrected chi connectivity index (χ3v) is 11.8. The minimum Gasteiger partial charge on any atom is -0.497 e. The molecule has 0 spiro atoms. The molecule has 7 atom stereocenters. The van der Waals surface area contributed by atoms with Crippen LogP contribution in [0.25, 0.3) is 0 Å². The molecule has 2 fully saturated rings. The number of hydrogen-bond acceptors (Lipinski definition) is 4. The Kier molecular flexibility index (Phi) is 12.8. The van der Waals surface area contributed by atoms with E-state index in [0.29, 0.717) is 30.1 Å². The Bertz CT molecular complexity index is 1120. The number of benzene rings is 1. The summed E-state index contributed by atoms with van der Waals surface area (Å²) in [5, 5.41) is 10.9. The summed E-state index contributed by atoms with van der Waals surface area (Å²) in [4.78, 5) is 12.3. The number of carbonyl (C=O) groups is 1. The van der Waals surface area contributed by atoms with Gasteiger partial charge in [-0.3, -0.25) is 4.79 Å². The molecular formula is C37H55F5O4. The van der Waals surface area contributed by atoms with Gasteiger partial charge in [0.1, 0.15) is 5.75 Å².